The number of rotatable bonds is 5. The third kappa shape index (κ3) is 3.94. The average molecular weight is 410 g/mol. The number of aromatic nitrogens is 2. The Morgan fingerprint density at radius 2 is 1.63 bits per heavy atom. The normalized spacial score (nSPS) is 22.5. The second kappa shape index (κ2) is 8.30. The van der Waals surface area contributed by atoms with Gasteiger partial charge in [-0.3, -0.25) is 14.6 Å². The number of fused-ring (bicyclic) bond motifs is 2. The third-order valence-corrected chi connectivity index (χ3v) is 5.91. The first-order valence-corrected chi connectivity index (χ1v) is 10.1. The second-order valence-corrected chi connectivity index (χ2v) is 7.88. The lowest BCUT2D eigenvalue weighted by Gasteiger charge is -2.39. The Kier molecular flexibility index (Phi) is 5.57. The van der Waals surface area contributed by atoms with Crippen LogP contribution in [0.3, 0.4) is 0 Å². The van der Waals surface area contributed by atoms with Crippen molar-refractivity contribution < 1.29 is 19.1 Å². The van der Waals surface area contributed by atoms with Crippen molar-refractivity contribution >= 4 is 11.8 Å². The fourth-order valence-corrected chi connectivity index (χ4v) is 4.48. The highest BCUT2D eigenvalue weighted by molar-refractivity contribution is 5.96. The topological polar surface area (TPSA) is 93.7 Å². The quantitative estimate of drug-likeness (QED) is 0.813. The first kappa shape index (κ1) is 20.1. The molecule has 1 aromatic carbocycles. The van der Waals surface area contributed by atoms with Crippen molar-refractivity contribution in [3.63, 3.8) is 0 Å². The molecule has 30 heavy (non-hydrogen) atoms. The summed E-state index contributed by atoms with van der Waals surface area (Å²) in [5.74, 6) is 0.941. The Labute approximate surface area is 175 Å². The minimum Gasteiger partial charge on any atom is -0.497 e. The van der Waals surface area contributed by atoms with Gasteiger partial charge in [0, 0.05) is 36.0 Å². The maximum Gasteiger partial charge on any atom is 0.271 e. The van der Waals surface area contributed by atoms with Crippen LogP contribution in [0.15, 0.2) is 30.6 Å². The van der Waals surface area contributed by atoms with Gasteiger partial charge in [0.25, 0.3) is 11.8 Å². The van der Waals surface area contributed by atoms with Crippen molar-refractivity contribution in [3.8, 4) is 11.5 Å². The van der Waals surface area contributed by atoms with Gasteiger partial charge >= 0.3 is 0 Å². The molecule has 1 N–H and O–H groups in total. The number of amides is 2. The standard InChI is InChI=1S/C22H26N4O4/c1-13-11-24-20(12-23-13)21(27)25-15-8-16-4-5-17(9-15)26(16)22(28)14-6-18(29-2)10-19(7-14)30-3/h6-7,10-12,15-17H,4-5,8-9H2,1-3H3,(H,25,27). The van der Waals surface area contributed by atoms with E-state index >= 15 is 0 Å². The van der Waals surface area contributed by atoms with Gasteiger partial charge in [0.05, 0.1) is 26.1 Å². The Morgan fingerprint density at radius 1 is 1.00 bits per heavy atom. The summed E-state index contributed by atoms with van der Waals surface area (Å²) in [4.78, 5) is 36.1. The molecule has 2 aliphatic heterocycles. The molecule has 3 heterocycles. The van der Waals surface area contributed by atoms with Crippen molar-refractivity contribution in [2.24, 2.45) is 0 Å². The Bertz CT molecular complexity index is 910. The molecule has 2 aliphatic rings. The molecule has 0 spiro atoms. The number of carbonyl (C=O) groups excluding carboxylic acids is 2. The highest BCUT2D eigenvalue weighted by Crippen LogP contribution is 2.37. The van der Waals surface area contributed by atoms with E-state index in [1.165, 1.54) is 6.20 Å². The number of carbonyl (C=O) groups is 2. The number of aryl methyl sites for hydroxylation is 1. The van der Waals surface area contributed by atoms with Gasteiger partial charge in [0.1, 0.15) is 17.2 Å². The smallest absolute Gasteiger partial charge is 0.271 e. The molecule has 1 aromatic heterocycles. The van der Waals surface area contributed by atoms with E-state index < -0.39 is 0 Å². The van der Waals surface area contributed by atoms with E-state index in [-0.39, 0.29) is 29.9 Å². The Morgan fingerprint density at radius 3 is 2.17 bits per heavy atom. The number of benzene rings is 1. The first-order chi connectivity index (χ1) is 14.5. The second-order valence-electron chi connectivity index (χ2n) is 7.88. The van der Waals surface area contributed by atoms with E-state index in [9.17, 15) is 9.59 Å². The number of ether oxygens (including phenoxy) is 2. The number of hydrogen-bond donors (Lipinski definition) is 1. The molecular formula is C22H26N4O4. The van der Waals surface area contributed by atoms with Crippen molar-refractivity contribution in [2.75, 3.05) is 14.2 Å². The molecule has 8 nitrogen and oxygen atoms in total. The van der Waals surface area contributed by atoms with E-state index in [2.05, 4.69) is 15.3 Å². The summed E-state index contributed by atoms with van der Waals surface area (Å²) in [7, 11) is 3.14. The highest BCUT2D eigenvalue weighted by Gasteiger charge is 2.44. The van der Waals surface area contributed by atoms with E-state index in [4.69, 9.17) is 9.47 Å². The van der Waals surface area contributed by atoms with Crippen LogP contribution in [0.25, 0.3) is 0 Å². The van der Waals surface area contributed by atoms with Gasteiger partial charge in [0.2, 0.25) is 0 Å². The number of piperidine rings is 1. The summed E-state index contributed by atoms with van der Waals surface area (Å²) in [6, 6.07) is 5.46. The first-order valence-electron chi connectivity index (χ1n) is 10.1. The zero-order valence-electron chi connectivity index (χ0n) is 17.4. The van der Waals surface area contributed by atoms with E-state index in [1.54, 1.807) is 38.6 Å². The van der Waals surface area contributed by atoms with E-state index in [0.717, 1.165) is 31.4 Å². The average Bonchev–Trinajstić information content (AvgIpc) is 3.03. The lowest BCUT2D eigenvalue weighted by molar-refractivity contribution is 0.0548. The van der Waals surface area contributed by atoms with Crippen LogP contribution >= 0.6 is 0 Å². The molecule has 0 saturated carbocycles. The van der Waals surface area contributed by atoms with Gasteiger partial charge in [-0.1, -0.05) is 0 Å². The molecule has 2 bridgehead atoms. The van der Waals surface area contributed by atoms with Gasteiger partial charge in [-0.2, -0.15) is 0 Å². The van der Waals surface area contributed by atoms with Crippen molar-refractivity contribution in [3.05, 3.63) is 47.5 Å². The fourth-order valence-electron chi connectivity index (χ4n) is 4.48. The molecule has 0 radical (unpaired) electrons. The molecule has 0 aliphatic carbocycles. The summed E-state index contributed by atoms with van der Waals surface area (Å²) < 4.78 is 10.6. The zero-order chi connectivity index (χ0) is 21.3. The maximum absolute atomic E-state index is 13.3. The van der Waals surface area contributed by atoms with Crippen LogP contribution in [-0.2, 0) is 0 Å². The van der Waals surface area contributed by atoms with Gasteiger partial charge in [-0.15, -0.1) is 0 Å². The van der Waals surface area contributed by atoms with Crippen molar-refractivity contribution in [1.29, 1.82) is 0 Å². The molecule has 2 saturated heterocycles. The summed E-state index contributed by atoms with van der Waals surface area (Å²) in [6.45, 7) is 1.83. The van der Waals surface area contributed by atoms with E-state index in [0.29, 0.717) is 22.8 Å². The predicted octanol–water partition coefficient (Wildman–Crippen LogP) is 2.37. The summed E-state index contributed by atoms with van der Waals surface area (Å²) in [5, 5.41) is 3.07. The van der Waals surface area contributed by atoms with Crippen LogP contribution in [0.5, 0.6) is 11.5 Å². The monoisotopic (exact) mass is 410 g/mol. The molecule has 2 unspecified atom stereocenters. The molecule has 2 aromatic rings. The lowest BCUT2D eigenvalue weighted by atomic mass is 9.96. The minimum atomic E-state index is -0.218. The predicted molar refractivity (Wildman–Crippen MR) is 110 cm³/mol. The van der Waals surface area contributed by atoms with Crippen LogP contribution in [-0.4, -0.2) is 59.0 Å². The zero-order valence-corrected chi connectivity index (χ0v) is 17.4. The molecular weight excluding hydrogens is 384 g/mol. The van der Waals surface area contributed by atoms with Crippen LogP contribution in [0, 0.1) is 6.92 Å². The number of methoxy groups -OCH3 is 2. The lowest BCUT2D eigenvalue weighted by Crippen LogP contribution is -2.52. The SMILES string of the molecule is COc1cc(OC)cc(C(=O)N2C3CCC2CC(NC(=O)c2cnc(C)cn2)C3)c1. The Hall–Kier alpha value is -3.16. The Balaban J connectivity index is 1.46. The molecule has 8 heteroatoms. The fraction of sp³-hybridized carbons (Fsp3) is 0.455. The number of nitrogens with zero attached hydrogens (tertiary/aromatic N) is 3. The number of nitrogens with one attached hydrogen (secondary N) is 1. The minimum absolute atomic E-state index is 0.0157. The number of hydrogen-bond acceptors (Lipinski definition) is 6. The van der Waals surface area contributed by atoms with Crippen LogP contribution in [0.4, 0.5) is 0 Å². The van der Waals surface area contributed by atoms with Gasteiger partial charge < -0.3 is 19.7 Å². The van der Waals surface area contributed by atoms with Crippen molar-refractivity contribution in [2.45, 2.75) is 50.7 Å². The summed E-state index contributed by atoms with van der Waals surface area (Å²) in [6.07, 6.45) is 6.42. The van der Waals surface area contributed by atoms with Crippen LogP contribution < -0.4 is 14.8 Å². The van der Waals surface area contributed by atoms with Crippen LogP contribution in [0.2, 0.25) is 0 Å². The van der Waals surface area contributed by atoms with Gasteiger partial charge in [-0.05, 0) is 44.7 Å². The van der Waals surface area contributed by atoms with Gasteiger partial charge in [-0.25, -0.2) is 4.98 Å². The van der Waals surface area contributed by atoms with Gasteiger partial charge in [0.15, 0.2) is 0 Å². The summed E-state index contributed by atoms with van der Waals surface area (Å²) in [5.41, 5.74) is 1.64. The molecule has 4 rings (SSSR count). The molecule has 2 atom stereocenters. The van der Waals surface area contributed by atoms with Crippen molar-refractivity contribution in [1.82, 2.24) is 20.2 Å². The molecule has 158 valence electrons. The third-order valence-electron chi connectivity index (χ3n) is 5.91. The molecule has 2 fully saturated rings. The maximum atomic E-state index is 13.3. The summed E-state index contributed by atoms with van der Waals surface area (Å²) >= 11 is 0. The van der Waals surface area contributed by atoms with E-state index in [1.807, 2.05) is 11.8 Å². The largest absolute Gasteiger partial charge is 0.497 e. The van der Waals surface area contributed by atoms with Crippen LogP contribution in [0.1, 0.15) is 52.2 Å². The highest BCUT2D eigenvalue weighted by atomic mass is 16.5. The molecule has 2 amide bonds.